The highest BCUT2D eigenvalue weighted by Gasteiger charge is 2.39. The van der Waals surface area contributed by atoms with Gasteiger partial charge in [0.05, 0.1) is 16.3 Å². The van der Waals surface area contributed by atoms with Gasteiger partial charge >= 0.3 is 12.3 Å². The Hall–Kier alpha value is -2.52. The second-order valence-corrected chi connectivity index (χ2v) is 9.53. The quantitative estimate of drug-likeness (QED) is 0.451. The summed E-state index contributed by atoms with van der Waals surface area (Å²) in [4.78, 5) is 18.4. The van der Waals surface area contributed by atoms with Crippen LogP contribution in [-0.2, 0) is 10.9 Å². The first-order chi connectivity index (χ1) is 16.3. The van der Waals surface area contributed by atoms with Crippen LogP contribution in [0, 0.1) is 12.8 Å². The molecule has 0 spiro atoms. The fourth-order valence-corrected chi connectivity index (χ4v) is 4.02. The van der Waals surface area contributed by atoms with Crippen LogP contribution < -0.4 is 10.6 Å². The fourth-order valence-electron chi connectivity index (χ4n) is 3.80. The SMILES string of the molecule is CC.CNC(c1c(C)ccnc1Nc1ccc(C(F)(F)F)cc1Cl)C1CN(C(=O)OC(C)(C)C)C1. The predicted molar refractivity (Wildman–Crippen MR) is 133 cm³/mol. The number of likely N-dealkylation sites (tertiary alicyclic amines) is 1. The van der Waals surface area contributed by atoms with Crippen molar-refractivity contribution in [3.05, 3.63) is 52.2 Å². The van der Waals surface area contributed by atoms with Crippen molar-refractivity contribution in [3.63, 3.8) is 0 Å². The van der Waals surface area contributed by atoms with Gasteiger partial charge in [-0.25, -0.2) is 9.78 Å². The van der Waals surface area contributed by atoms with E-state index >= 15 is 0 Å². The number of rotatable bonds is 5. The molecule has 1 aromatic heterocycles. The van der Waals surface area contributed by atoms with Gasteiger partial charge in [0.25, 0.3) is 0 Å². The Labute approximate surface area is 210 Å². The van der Waals surface area contributed by atoms with Crippen molar-refractivity contribution >= 4 is 29.2 Å². The van der Waals surface area contributed by atoms with Crippen LogP contribution in [0.15, 0.2) is 30.5 Å². The maximum atomic E-state index is 13.0. The second kappa shape index (κ2) is 11.5. The first-order valence-corrected chi connectivity index (χ1v) is 11.9. The number of hydrogen-bond donors (Lipinski definition) is 2. The van der Waals surface area contributed by atoms with E-state index in [-0.39, 0.29) is 23.1 Å². The molecular formula is C25H34ClF3N4O2. The lowest BCUT2D eigenvalue weighted by Gasteiger charge is -2.44. The zero-order chi connectivity index (χ0) is 26.6. The monoisotopic (exact) mass is 514 g/mol. The molecule has 1 aliphatic heterocycles. The van der Waals surface area contributed by atoms with E-state index in [0.29, 0.717) is 24.6 Å². The zero-order valence-corrected chi connectivity index (χ0v) is 21.9. The highest BCUT2D eigenvalue weighted by atomic mass is 35.5. The third-order valence-corrected chi connectivity index (χ3v) is 5.73. The standard InChI is InChI=1S/C23H28ClF3N4O2.C2H6/c1-13-8-9-29-20(30-17-7-6-15(10-16(17)24)23(25,26)27)18(13)19(28-5)14-11-31(12-14)21(32)33-22(2,3)4;1-2/h6-10,14,19,28H,11-12H2,1-5H3,(H,29,30);1-2H3. The minimum atomic E-state index is -4.48. The summed E-state index contributed by atoms with van der Waals surface area (Å²) in [6, 6.07) is 4.88. The predicted octanol–water partition coefficient (Wildman–Crippen LogP) is 6.96. The molecule has 6 nitrogen and oxygen atoms in total. The topological polar surface area (TPSA) is 66.5 Å². The van der Waals surface area contributed by atoms with Crippen molar-refractivity contribution in [2.75, 3.05) is 25.5 Å². The summed E-state index contributed by atoms with van der Waals surface area (Å²) in [5.41, 5.74) is 0.751. The molecule has 1 fully saturated rings. The first kappa shape index (κ1) is 28.7. The van der Waals surface area contributed by atoms with Crippen LogP contribution in [0.4, 0.5) is 29.5 Å². The van der Waals surface area contributed by atoms with Crippen LogP contribution >= 0.6 is 11.6 Å². The molecule has 0 aliphatic carbocycles. The molecule has 10 heteroatoms. The third-order valence-electron chi connectivity index (χ3n) is 5.41. The molecule has 2 N–H and O–H groups in total. The third kappa shape index (κ3) is 7.24. The van der Waals surface area contributed by atoms with Crippen LogP contribution in [0.5, 0.6) is 0 Å². The van der Waals surface area contributed by atoms with Gasteiger partial charge in [0.2, 0.25) is 0 Å². The number of nitrogens with zero attached hydrogens (tertiary/aromatic N) is 2. The molecule has 0 bridgehead atoms. The van der Waals surface area contributed by atoms with E-state index in [4.69, 9.17) is 16.3 Å². The van der Waals surface area contributed by atoms with Gasteiger partial charge in [0, 0.05) is 36.8 Å². The molecule has 0 radical (unpaired) electrons. The van der Waals surface area contributed by atoms with E-state index in [1.165, 1.54) is 6.07 Å². The molecule has 2 heterocycles. The number of amides is 1. The lowest BCUT2D eigenvalue weighted by Crippen LogP contribution is -2.55. The Morgan fingerprint density at radius 1 is 1.20 bits per heavy atom. The van der Waals surface area contributed by atoms with Gasteiger partial charge < -0.3 is 20.3 Å². The van der Waals surface area contributed by atoms with Crippen molar-refractivity contribution in [2.45, 2.75) is 59.4 Å². The number of benzene rings is 1. The molecule has 1 amide bonds. The van der Waals surface area contributed by atoms with Gasteiger partial charge in [-0.3, -0.25) is 0 Å². The van der Waals surface area contributed by atoms with Gasteiger partial charge in [-0.2, -0.15) is 13.2 Å². The summed E-state index contributed by atoms with van der Waals surface area (Å²) < 4.78 is 44.3. The number of anilines is 2. The van der Waals surface area contributed by atoms with E-state index in [0.717, 1.165) is 23.3 Å². The van der Waals surface area contributed by atoms with Crippen LogP contribution in [0.25, 0.3) is 0 Å². The molecule has 1 saturated heterocycles. The van der Waals surface area contributed by atoms with E-state index in [2.05, 4.69) is 15.6 Å². The maximum absolute atomic E-state index is 13.0. The largest absolute Gasteiger partial charge is 0.444 e. The van der Waals surface area contributed by atoms with Crippen LogP contribution in [-0.4, -0.2) is 41.7 Å². The molecule has 2 aromatic rings. The molecule has 3 rings (SSSR count). The molecule has 35 heavy (non-hydrogen) atoms. The summed E-state index contributed by atoms with van der Waals surface area (Å²) in [6.07, 6.45) is -3.21. The number of nitrogens with one attached hydrogen (secondary N) is 2. The average molecular weight is 515 g/mol. The highest BCUT2D eigenvalue weighted by Crippen LogP contribution is 2.38. The Morgan fingerprint density at radius 2 is 1.83 bits per heavy atom. The molecule has 1 aromatic carbocycles. The number of halogens is 4. The van der Waals surface area contributed by atoms with Crippen molar-refractivity contribution in [1.29, 1.82) is 0 Å². The average Bonchev–Trinajstić information content (AvgIpc) is 2.72. The molecule has 1 unspecified atom stereocenters. The fraction of sp³-hybridized carbons (Fsp3) is 0.520. The summed E-state index contributed by atoms with van der Waals surface area (Å²) in [5.74, 6) is 0.598. The number of hydrogen-bond acceptors (Lipinski definition) is 5. The first-order valence-electron chi connectivity index (χ1n) is 11.5. The second-order valence-electron chi connectivity index (χ2n) is 9.12. The smallest absolute Gasteiger partial charge is 0.416 e. The maximum Gasteiger partial charge on any atom is 0.416 e. The van der Waals surface area contributed by atoms with Gasteiger partial charge in [0.15, 0.2) is 0 Å². The summed E-state index contributed by atoms with van der Waals surface area (Å²) in [7, 11) is 1.82. The normalized spacial score (nSPS) is 15.0. The van der Waals surface area contributed by atoms with Crippen molar-refractivity contribution in [3.8, 4) is 0 Å². The van der Waals surface area contributed by atoms with Crippen LogP contribution in [0.2, 0.25) is 5.02 Å². The minimum Gasteiger partial charge on any atom is -0.444 e. The van der Waals surface area contributed by atoms with E-state index in [1.807, 2.05) is 54.7 Å². The summed E-state index contributed by atoms with van der Waals surface area (Å²) in [6.45, 7) is 12.4. The van der Waals surface area contributed by atoms with Crippen molar-refractivity contribution in [2.24, 2.45) is 5.92 Å². The van der Waals surface area contributed by atoms with Crippen molar-refractivity contribution < 1.29 is 22.7 Å². The Balaban J connectivity index is 0.00000210. The van der Waals surface area contributed by atoms with Gasteiger partial charge in [-0.1, -0.05) is 25.4 Å². The Morgan fingerprint density at radius 3 is 2.34 bits per heavy atom. The molecule has 0 saturated carbocycles. The van der Waals surface area contributed by atoms with E-state index in [1.54, 1.807) is 11.1 Å². The number of aromatic nitrogens is 1. The van der Waals surface area contributed by atoms with Gasteiger partial charge in [-0.05, 0) is 64.6 Å². The number of aryl methyl sites for hydroxylation is 1. The molecular weight excluding hydrogens is 481 g/mol. The van der Waals surface area contributed by atoms with E-state index < -0.39 is 17.3 Å². The lowest BCUT2D eigenvalue weighted by molar-refractivity contribution is -0.137. The summed E-state index contributed by atoms with van der Waals surface area (Å²) >= 11 is 6.13. The Kier molecular flexibility index (Phi) is 9.42. The number of carbonyl (C=O) groups is 1. The molecule has 1 aliphatic rings. The Bertz CT molecular complexity index is 1020. The van der Waals surface area contributed by atoms with Crippen LogP contribution in [0.1, 0.15) is 57.4 Å². The number of pyridine rings is 1. The van der Waals surface area contributed by atoms with Gasteiger partial charge in [-0.15, -0.1) is 0 Å². The number of ether oxygens (including phenoxy) is 1. The van der Waals surface area contributed by atoms with E-state index in [9.17, 15) is 18.0 Å². The molecule has 1 atom stereocenters. The lowest BCUT2D eigenvalue weighted by atomic mass is 9.85. The van der Waals surface area contributed by atoms with Gasteiger partial charge in [0.1, 0.15) is 11.4 Å². The zero-order valence-electron chi connectivity index (χ0n) is 21.2. The number of carbonyl (C=O) groups excluding carboxylic acids is 1. The molecule has 194 valence electrons. The minimum absolute atomic E-state index is 0.0557. The highest BCUT2D eigenvalue weighted by molar-refractivity contribution is 6.33. The summed E-state index contributed by atoms with van der Waals surface area (Å²) in [5, 5.41) is 6.33. The van der Waals surface area contributed by atoms with Crippen LogP contribution in [0.3, 0.4) is 0 Å². The number of alkyl halides is 3. The van der Waals surface area contributed by atoms with Crippen molar-refractivity contribution in [1.82, 2.24) is 15.2 Å².